The first kappa shape index (κ1) is 19.1. The van der Waals surface area contributed by atoms with E-state index in [4.69, 9.17) is 5.73 Å². The van der Waals surface area contributed by atoms with Crippen molar-refractivity contribution in [1.82, 2.24) is 9.97 Å². The highest BCUT2D eigenvalue weighted by atomic mass is 16.3. The topological polar surface area (TPSA) is 101 Å². The predicted octanol–water partition coefficient (Wildman–Crippen LogP) is 3.05. The number of hydrogen-bond acceptors (Lipinski definition) is 5. The number of hydrogen-bond donors (Lipinski definition) is 3. The molecule has 1 aromatic rings. The fraction of sp³-hybridized carbons (Fsp3) is 0.750. The molecule has 6 nitrogen and oxygen atoms in total. The second kappa shape index (κ2) is 8.80. The summed E-state index contributed by atoms with van der Waals surface area (Å²) < 4.78 is 0. The maximum absolute atomic E-state index is 11.8. The van der Waals surface area contributed by atoms with Crippen molar-refractivity contribution in [2.24, 2.45) is 17.6 Å². The van der Waals surface area contributed by atoms with Crippen LogP contribution >= 0.6 is 0 Å². The number of anilines is 1. The summed E-state index contributed by atoms with van der Waals surface area (Å²) >= 11 is 0. The van der Waals surface area contributed by atoms with Crippen molar-refractivity contribution in [2.75, 3.05) is 5.32 Å². The van der Waals surface area contributed by atoms with E-state index in [1.807, 2.05) is 0 Å². The maximum atomic E-state index is 11.8. The second-order valence-electron chi connectivity index (χ2n) is 8.14. The maximum Gasteiger partial charge on any atom is 0.254 e. The number of primary amides is 1. The minimum atomic E-state index is -0.504. The number of rotatable bonds is 6. The van der Waals surface area contributed by atoms with Crippen molar-refractivity contribution in [3.05, 3.63) is 17.6 Å². The Labute approximate surface area is 156 Å². The first-order valence-electron chi connectivity index (χ1n) is 10.1. The summed E-state index contributed by atoms with van der Waals surface area (Å²) in [5, 5.41) is 13.1. The molecule has 2 saturated carbocycles. The Morgan fingerprint density at radius 3 is 2.58 bits per heavy atom. The van der Waals surface area contributed by atoms with E-state index in [9.17, 15) is 9.90 Å². The monoisotopic (exact) mass is 360 g/mol. The van der Waals surface area contributed by atoms with Gasteiger partial charge in [-0.2, -0.15) is 0 Å². The van der Waals surface area contributed by atoms with Gasteiger partial charge in [0.05, 0.1) is 11.7 Å². The molecule has 2 aliphatic rings. The van der Waals surface area contributed by atoms with E-state index >= 15 is 0 Å². The number of nitrogens with two attached hydrogens (primary N) is 1. The highest BCUT2D eigenvalue weighted by Gasteiger charge is 2.24. The molecule has 6 heteroatoms. The number of amides is 1. The van der Waals surface area contributed by atoms with E-state index in [0.717, 1.165) is 43.8 Å². The number of carbonyl (C=O) groups is 1. The fourth-order valence-electron chi connectivity index (χ4n) is 4.38. The van der Waals surface area contributed by atoms with E-state index in [2.05, 4.69) is 22.2 Å². The van der Waals surface area contributed by atoms with Crippen LogP contribution in [-0.4, -0.2) is 33.1 Å². The van der Waals surface area contributed by atoms with E-state index in [-0.39, 0.29) is 12.1 Å². The van der Waals surface area contributed by atoms with E-state index in [1.54, 1.807) is 6.20 Å². The molecule has 4 N–H and O–H groups in total. The molecule has 0 unspecified atom stereocenters. The molecule has 0 spiro atoms. The van der Waals surface area contributed by atoms with Gasteiger partial charge in [-0.1, -0.05) is 39.0 Å². The number of nitrogens with one attached hydrogen (secondary N) is 1. The summed E-state index contributed by atoms with van der Waals surface area (Å²) in [5.74, 6) is 2.13. The van der Waals surface area contributed by atoms with E-state index < -0.39 is 5.91 Å². The summed E-state index contributed by atoms with van der Waals surface area (Å²) in [7, 11) is 0. The van der Waals surface area contributed by atoms with Crippen LogP contribution in [0.3, 0.4) is 0 Å². The molecule has 0 aliphatic heterocycles. The van der Waals surface area contributed by atoms with Crippen molar-refractivity contribution >= 4 is 11.7 Å². The lowest BCUT2D eigenvalue weighted by Gasteiger charge is -2.28. The van der Waals surface area contributed by atoms with Gasteiger partial charge >= 0.3 is 0 Å². The van der Waals surface area contributed by atoms with Gasteiger partial charge in [-0.25, -0.2) is 9.97 Å². The molecule has 3 rings (SSSR count). The summed E-state index contributed by atoms with van der Waals surface area (Å²) in [6.45, 7) is 2.29. The number of aliphatic hydroxyl groups is 1. The number of carbonyl (C=O) groups excluding carboxylic acids is 1. The van der Waals surface area contributed by atoms with Crippen molar-refractivity contribution in [1.29, 1.82) is 0 Å². The molecule has 1 heterocycles. The zero-order valence-electron chi connectivity index (χ0n) is 15.8. The smallest absolute Gasteiger partial charge is 0.254 e. The number of nitrogens with zero attached hydrogens (tertiary/aromatic N) is 2. The SMILES string of the molecule is C[C@H](Cc1ncc(C(N)=O)c(NC2CCC(O)CC2)n1)C1CCCCC1. The lowest BCUT2D eigenvalue weighted by Crippen LogP contribution is -2.30. The van der Waals surface area contributed by atoms with Crippen LogP contribution in [0.25, 0.3) is 0 Å². The van der Waals surface area contributed by atoms with Gasteiger partial charge in [-0.05, 0) is 37.5 Å². The molecule has 1 atom stereocenters. The minimum Gasteiger partial charge on any atom is -0.393 e. The third kappa shape index (κ3) is 4.93. The lowest BCUT2D eigenvalue weighted by molar-refractivity contribution is 0.0999. The van der Waals surface area contributed by atoms with Gasteiger partial charge < -0.3 is 16.2 Å². The molecule has 144 valence electrons. The average Bonchev–Trinajstić information content (AvgIpc) is 2.64. The molecule has 0 aromatic carbocycles. The molecule has 1 aromatic heterocycles. The highest BCUT2D eigenvalue weighted by Crippen LogP contribution is 2.31. The number of aromatic nitrogens is 2. The first-order chi connectivity index (χ1) is 12.5. The third-order valence-corrected chi connectivity index (χ3v) is 6.10. The zero-order chi connectivity index (χ0) is 18.5. The summed E-state index contributed by atoms with van der Waals surface area (Å²) in [4.78, 5) is 20.8. The van der Waals surface area contributed by atoms with Gasteiger partial charge in [0.1, 0.15) is 11.6 Å². The second-order valence-corrected chi connectivity index (χ2v) is 8.14. The van der Waals surface area contributed by atoms with Crippen molar-refractivity contribution in [3.63, 3.8) is 0 Å². The van der Waals surface area contributed by atoms with Crippen LogP contribution in [-0.2, 0) is 6.42 Å². The van der Waals surface area contributed by atoms with Gasteiger partial charge in [-0.15, -0.1) is 0 Å². The normalized spacial score (nSPS) is 25.6. The minimum absolute atomic E-state index is 0.207. The zero-order valence-corrected chi connectivity index (χ0v) is 15.8. The van der Waals surface area contributed by atoms with Crippen molar-refractivity contribution in [3.8, 4) is 0 Å². The molecule has 2 fully saturated rings. The molecular weight excluding hydrogens is 328 g/mol. The summed E-state index contributed by atoms with van der Waals surface area (Å²) in [6, 6.07) is 0.218. The van der Waals surface area contributed by atoms with E-state index in [0.29, 0.717) is 17.3 Å². The lowest BCUT2D eigenvalue weighted by atomic mass is 9.79. The Bertz CT molecular complexity index is 608. The summed E-state index contributed by atoms with van der Waals surface area (Å²) in [5.41, 5.74) is 5.86. The van der Waals surface area contributed by atoms with Gasteiger partial charge in [0.15, 0.2) is 0 Å². The Balaban J connectivity index is 1.69. The average molecular weight is 361 g/mol. The largest absolute Gasteiger partial charge is 0.393 e. The van der Waals surface area contributed by atoms with Crippen molar-refractivity contribution in [2.45, 2.75) is 83.3 Å². The molecule has 0 radical (unpaired) electrons. The van der Waals surface area contributed by atoms with Crippen molar-refractivity contribution < 1.29 is 9.90 Å². The molecule has 0 saturated heterocycles. The van der Waals surface area contributed by atoms with Crippen LogP contribution in [0.2, 0.25) is 0 Å². The first-order valence-corrected chi connectivity index (χ1v) is 10.1. The van der Waals surface area contributed by atoms with Gasteiger partial charge in [0, 0.05) is 18.7 Å². The Hall–Kier alpha value is -1.69. The molecular formula is C20H32N4O2. The van der Waals surface area contributed by atoms with Crippen LogP contribution in [0.1, 0.15) is 80.9 Å². The van der Waals surface area contributed by atoms with Crippen LogP contribution < -0.4 is 11.1 Å². The van der Waals surface area contributed by atoms with Crippen LogP contribution in [0.15, 0.2) is 6.20 Å². The van der Waals surface area contributed by atoms with Gasteiger partial charge in [0.2, 0.25) is 0 Å². The Morgan fingerprint density at radius 1 is 1.23 bits per heavy atom. The number of aliphatic hydroxyl groups excluding tert-OH is 1. The van der Waals surface area contributed by atoms with Gasteiger partial charge in [0.25, 0.3) is 5.91 Å². The fourth-order valence-corrected chi connectivity index (χ4v) is 4.38. The summed E-state index contributed by atoms with van der Waals surface area (Å²) in [6.07, 6.45) is 12.1. The molecule has 0 bridgehead atoms. The van der Waals surface area contributed by atoms with Crippen LogP contribution in [0, 0.1) is 11.8 Å². The Kier molecular flexibility index (Phi) is 6.46. The third-order valence-electron chi connectivity index (χ3n) is 6.10. The highest BCUT2D eigenvalue weighted by molar-refractivity contribution is 5.97. The van der Waals surface area contributed by atoms with E-state index in [1.165, 1.54) is 32.1 Å². The quantitative estimate of drug-likeness (QED) is 0.724. The molecule has 26 heavy (non-hydrogen) atoms. The molecule has 2 aliphatic carbocycles. The molecule has 1 amide bonds. The Morgan fingerprint density at radius 2 is 1.92 bits per heavy atom. The standard InChI is InChI=1S/C20H32N4O2/c1-13(14-5-3-2-4-6-14)11-18-22-12-17(19(21)26)20(24-18)23-15-7-9-16(25)10-8-15/h12-16,25H,2-11H2,1H3,(H2,21,26)(H,22,23,24)/t13-,15?,16?/m1/s1. The van der Waals surface area contributed by atoms with Gasteiger partial charge in [-0.3, -0.25) is 4.79 Å². The van der Waals surface area contributed by atoms with Crippen LogP contribution in [0.4, 0.5) is 5.82 Å². The predicted molar refractivity (Wildman–Crippen MR) is 102 cm³/mol. The van der Waals surface area contributed by atoms with Crippen LogP contribution in [0.5, 0.6) is 0 Å².